The highest BCUT2D eigenvalue weighted by Crippen LogP contribution is 2.21. The fourth-order valence-corrected chi connectivity index (χ4v) is 2.10. The monoisotopic (exact) mass is 273 g/mol. The van der Waals surface area contributed by atoms with Crippen LogP contribution >= 0.6 is 0 Å². The summed E-state index contributed by atoms with van der Waals surface area (Å²) in [6.07, 6.45) is 2.40. The number of nitrogens with zero attached hydrogens (tertiary/aromatic N) is 1. The minimum atomic E-state index is -1.20. The Kier molecular flexibility index (Phi) is 5.56. The zero-order valence-corrected chi connectivity index (χ0v) is 10.8. The number of carbonyl (C=O) groups is 3. The number of primary amides is 1. The lowest BCUT2D eigenvalue weighted by atomic mass is 10.2. The molecule has 1 aliphatic carbocycles. The van der Waals surface area contributed by atoms with Crippen molar-refractivity contribution in [2.75, 3.05) is 20.2 Å². The zero-order valence-electron chi connectivity index (χ0n) is 10.8. The number of methoxy groups -OCH3 is 1. The van der Waals surface area contributed by atoms with Gasteiger partial charge in [-0.15, -0.1) is 0 Å². The number of urea groups is 1. The molecule has 0 bridgehead atoms. The highest BCUT2D eigenvalue weighted by Gasteiger charge is 2.28. The molecule has 1 saturated carbocycles. The van der Waals surface area contributed by atoms with Gasteiger partial charge in [0.15, 0.2) is 0 Å². The van der Waals surface area contributed by atoms with Crippen molar-refractivity contribution >= 4 is 17.9 Å². The number of carboxylic acids is 1. The Bertz CT molecular complexity index is 344. The Morgan fingerprint density at radius 2 is 2.05 bits per heavy atom. The molecule has 0 aromatic heterocycles. The summed E-state index contributed by atoms with van der Waals surface area (Å²) < 4.78 is 5.18. The van der Waals surface area contributed by atoms with Gasteiger partial charge in [0.2, 0.25) is 5.91 Å². The largest absolute Gasteiger partial charge is 0.480 e. The predicted molar refractivity (Wildman–Crippen MR) is 65.4 cm³/mol. The first-order chi connectivity index (χ1) is 8.92. The Balaban J connectivity index is 2.51. The first kappa shape index (κ1) is 15.2. The fraction of sp³-hybridized carbons (Fsp3) is 0.727. The highest BCUT2D eigenvalue weighted by molar-refractivity contribution is 5.86. The molecule has 8 heteroatoms. The Morgan fingerprint density at radius 3 is 2.53 bits per heavy atom. The van der Waals surface area contributed by atoms with Crippen molar-refractivity contribution in [3.63, 3.8) is 0 Å². The Hall–Kier alpha value is -1.83. The molecule has 1 rings (SSSR count). The van der Waals surface area contributed by atoms with E-state index in [4.69, 9.17) is 15.6 Å². The van der Waals surface area contributed by atoms with Crippen LogP contribution in [0.15, 0.2) is 0 Å². The van der Waals surface area contributed by atoms with Crippen molar-refractivity contribution in [3.05, 3.63) is 0 Å². The Labute approximate surface area is 110 Å². The van der Waals surface area contributed by atoms with Gasteiger partial charge in [-0.25, -0.2) is 4.79 Å². The van der Waals surface area contributed by atoms with E-state index in [0.717, 1.165) is 17.7 Å². The van der Waals surface area contributed by atoms with Crippen molar-refractivity contribution in [2.45, 2.75) is 31.4 Å². The molecule has 1 aliphatic rings. The van der Waals surface area contributed by atoms with Crippen LogP contribution in [0, 0.1) is 0 Å². The second kappa shape index (κ2) is 6.93. The number of nitrogens with two attached hydrogens (primary N) is 1. The third-order valence-electron chi connectivity index (χ3n) is 3.01. The third kappa shape index (κ3) is 5.12. The van der Waals surface area contributed by atoms with Crippen LogP contribution in [-0.4, -0.2) is 60.3 Å². The lowest BCUT2D eigenvalue weighted by molar-refractivity contribution is -0.137. The molecule has 0 aromatic rings. The summed E-state index contributed by atoms with van der Waals surface area (Å²) in [5.74, 6) is -1.95. The molecule has 0 spiro atoms. The van der Waals surface area contributed by atoms with Gasteiger partial charge in [-0.3, -0.25) is 9.59 Å². The topological polar surface area (TPSA) is 122 Å². The molecule has 8 nitrogen and oxygen atoms in total. The van der Waals surface area contributed by atoms with Gasteiger partial charge in [-0.1, -0.05) is 0 Å². The molecule has 3 amide bonds. The molecule has 0 saturated heterocycles. The molecule has 0 heterocycles. The molecular weight excluding hydrogens is 254 g/mol. The molecule has 2 atom stereocenters. The summed E-state index contributed by atoms with van der Waals surface area (Å²) in [5.41, 5.74) is 4.99. The number of aliphatic carboxylic acids is 1. The zero-order chi connectivity index (χ0) is 14.4. The third-order valence-corrected chi connectivity index (χ3v) is 3.01. The van der Waals surface area contributed by atoms with E-state index in [1.165, 1.54) is 0 Å². The maximum Gasteiger partial charge on any atom is 0.323 e. The van der Waals surface area contributed by atoms with Gasteiger partial charge in [0.25, 0.3) is 0 Å². The van der Waals surface area contributed by atoms with E-state index in [1.54, 1.807) is 7.11 Å². The van der Waals surface area contributed by atoms with Gasteiger partial charge in [0.05, 0.1) is 6.10 Å². The first-order valence-electron chi connectivity index (χ1n) is 6.00. The molecule has 0 aromatic carbocycles. The Morgan fingerprint density at radius 1 is 1.37 bits per heavy atom. The molecule has 108 valence electrons. The lowest BCUT2D eigenvalue weighted by Gasteiger charge is -2.22. The standard InChI is InChI=1S/C11H19N3O5/c1-19-8-3-2-7(4-8)13-11(18)14(5-9(12)15)6-10(16)17/h7-8H,2-6H2,1H3,(H2,12,15)(H,13,18)(H,16,17). The van der Waals surface area contributed by atoms with Crippen LogP contribution in [0.1, 0.15) is 19.3 Å². The highest BCUT2D eigenvalue weighted by atomic mass is 16.5. The fourth-order valence-electron chi connectivity index (χ4n) is 2.10. The number of carbonyl (C=O) groups excluding carboxylic acids is 2. The first-order valence-corrected chi connectivity index (χ1v) is 6.00. The average molecular weight is 273 g/mol. The van der Waals surface area contributed by atoms with E-state index in [9.17, 15) is 14.4 Å². The number of nitrogens with one attached hydrogen (secondary N) is 1. The summed E-state index contributed by atoms with van der Waals surface area (Å²) >= 11 is 0. The summed E-state index contributed by atoms with van der Waals surface area (Å²) in [4.78, 5) is 34.2. The van der Waals surface area contributed by atoms with Crippen LogP contribution in [0.2, 0.25) is 0 Å². The molecule has 0 aliphatic heterocycles. The van der Waals surface area contributed by atoms with E-state index in [2.05, 4.69) is 5.32 Å². The molecule has 19 heavy (non-hydrogen) atoms. The van der Waals surface area contributed by atoms with Gasteiger partial charge >= 0.3 is 12.0 Å². The number of rotatable bonds is 6. The van der Waals surface area contributed by atoms with Gasteiger partial charge in [-0.05, 0) is 19.3 Å². The molecule has 4 N–H and O–H groups in total. The van der Waals surface area contributed by atoms with E-state index < -0.39 is 31.0 Å². The second-order valence-electron chi connectivity index (χ2n) is 4.53. The summed E-state index contributed by atoms with van der Waals surface area (Å²) in [5, 5.41) is 11.4. The summed E-state index contributed by atoms with van der Waals surface area (Å²) in [6.45, 7) is -0.978. The van der Waals surface area contributed by atoms with E-state index >= 15 is 0 Å². The number of hydrogen-bond donors (Lipinski definition) is 3. The van der Waals surface area contributed by atoms with Gasteiger partial charge in [0.1, 0.15) is 13.1 Å². The van der Waals surface area contributed by atoms with E-state index in [0.29, 0.717) is 6.42 Å². The molecule has 0 radical (unpaired) electrons. The van der Waals surface area contributed by atoms with Crippen LogP contribution < -0.4 is 11.1 Å². The minimum absolute atomic E-state index is 0.0679. The van der Waals surface area contributed by atoms with Crippen LogP contribution in [0.4, 0.5) is 4.79 Å². The van der Waals surface area contributed by atoms with Crippen molar-refractivity contribution in [3.8, 4) is 0 Å². The molecule has 2 unspecified atom stereocenters. The maximum absolute atomic E-state index is 11.9. The SMILES string of the molecule is COC1CCC(NC(=O)N(CC(N)=O)CC(=O)O)C1. The van der Waals surface area contributed by atoms with E-state index in [-0.39, 0.29) is 12.1 Å². The number of ether oxygens (including phenoxy) is 1. The van der Waals surface area contributed by atoms with Crippen LogP contribution in [0.3, 0.4) is 0 Å². The summed E-state index contributed by atoms with van der Waals surface area (Å²) in [6, 6.07) is -0.662. The second-order valence-corrected chi connectivity index (χ2v) is 4.53. The van der Waals surface area contributed by atoms with Crippen LogP contribution in [0.5, 0.6) is 0 Å². The number of amides is 3. The average Bonchev–Trinajstić information content (AvgIpc) is 2.74. The summed E-state index contributed by atoms with van der Waals surface area (Å²) in [7, 11) is 1.61. The van der Waals surface area contributed by atoms with E-state index in [1.807, 2.05) is 0 Å². The van der Waals surface area contributed by atoms with Crippen molar-refractivity contribution in [2.24, 2.45) is 5.73 Å². The minimum Gasteiger partial charge on any atom is -0.480 e. The van der Waals surface area contributed by atoms with Crippen LogP contribution in [0.25, 0.3) is 0 Å². The van der Waals surface area contributed by atoms with Crippen molar-refractivity contribution in [1.29, 1.82) is 0 Å². The lowest BCUT2D eigenvalue weighted by Crippen LogP contribution is -2.49. The molecular formula is C11H19N3O5. The number of hydrogen-bond acceptors (Lipinski definition) is 4. The van der Waals surface area contributed by atoms with Gasteiger partial charge < -0.3 is 25.8 Å². The maximum atomic E-state index is 11.9. The van der Waals surface area contributed by atoms with Gasteiger partial charge in [-0.2, -0.15) is 0 Å². The van der Waals surface area contributed by atoms with Crippen LogP contribution in [-0.2, 0) is 14.3 Å². The normalized spacial score (nSPS) is 21.9. The van der Waals surface area contributed by atoms with Gasteiger partial charge in [0, 0.05) is 13.2 Å². The molecule has 1 fully saturated rings. The quantitative estimate of drug-likeness (QED) is 0.581. The predicted octanol–water partition coefficient (Wildman–Crippen LogP) is -0.865. The smallest absolute Gasteiger partial charge is 0.323 e. The van der Waals surface area contributed by atoms with Crippen molar-refractivity contribution in [1.82, 2.24) is 10.2 Å². The number of carboxylic acid groups (broad SMARTS) is 1. The van der Waals surface area contributed by atoms with Crippen molar-refractivity contribution < 1.29 is 24.2 Å².